The van der Waals surface area contributed by atoms with E-state index in [1.165, 1.54) is 7.11 Å². The monoisotopic (exact) mass is 254 g/mol. The van der Waals surface area contributed by atoms with Crippen molar-refractivity contribution in [3.63, 3.8) is 0 Å². The largest absolute Gasteiger partial charge is 0.493 e. The third-order valence-corrected chi connectivity index (χ3v) is 3.42. The molecule has 0 atom stereocenters. The van der Waals surface area contributed by atoms with Gasteiger partial charge in [0, 0.05) is 0 Å². The summed E-state index contributed by atoms with van der Waals surface area (Å²) in [6, 6.07) is 7.05. The van der Waals surface area contributed by atoms with Gasteiger partial charge in [-0.05, 0) is 12.1 Å². The van der Waals surface area contributed by atoms with Gasteiger partial charge in [-0.1, -0.05) is 18.1 Å². The maximum atomic E-state index is 11.3. The average Bonchev–Trinajstić information content (AvgIpc) is 2.29. The topological polar surface area (TPSA) is 52.6 Å². The van der Waals surface area contributed by atoms with Gasteiger partial charge < -0.3 is 9.47 Å². The Morgan fingerprint density at radius 3 is 2.53 bits per heavy atom. The van der Waals surface area contributed by atoms with Crippen molar-refractivity contribution in [2.75, 3.05) is 25.2 Å². The molecule has 0 heterocycles. The third kappa shape index (κ3) is 4.37. The summed E-state index contributed by atoms with van der Waals surface area (Å²) in [6.45, 7) is 0.0599. The summed E-state index contributed by atoms with van der Waals surface area (Å²) >= 11 is 0. The zero-order chi connectivity index (χ0) is 12.7. The first-order valence-corrected chi connectivity index (χ1v) is 6.81. The quantitative estimate of drug-likeness (QED) is 0.714. The van der Waals surface area contributed by atoms with E-state index in [-0.39, 0.29) is 18.1 Å². The number of terminal acetylenes is 1. The Labute approximate surface area is 101 Å². The lowest BCUT2D eigenvalue weighted by Gasteiger charge is -2.09. The molecule has 4 nitrogen and oxygen atoms in total. The van der Waals surface area contributed by atoms with E-state index in [2.05, 4.69) is 5.92 Å². The first kappa shape index (κ1) is 13.4. The van der Waals surface area contributed by atoms with Gasteiger partial charge >= 0.3 is 0 Å². The zero-order valence-corrected chi connectivity index (χ0v) is 10.4. The Morgan fingerprint density at radius 2 is 1.94 bits per heavy atom. The molecule has 1 aromatic rings. The Hall–Kier alpha value is -1.67. The van der Waals surface area contributed by atoms with Crippen LogP contribution in [-0.2, 0) is 9.84 Å². The molecule has 0 unspecified atom stereocenters. The Balaban J connectivity index is 2.55. The van der Waals surface area contributed by atoms with E-state index in [1.807, 2.05) is 0 Å². The van der Waals surface area contributed by atoms with Crippen molar-refractivity contribution in [1.29, 1.82) is 0 Å². The highest BCUT2D eigenvalue weighted by Gasteiger charge is 2.10. The molecule has 17 heavy (non-hydrogen) atoms. The lowest BCUT2D eigenvalue weighted by Crippen LogP contribution is -2.16. The first-order chi connectivity index (χ1) is 8.09. The lowest BCUT2D eigenvalue weighted by molar-refractivity contribution is 0.311. The minimum absolute atomic E-state index is 0.0599. The van der Waals surface area contributed by atoms with Crippen LogP contribution in [-0.4, -0.2) is 33.6 Å². The molecule has 0 saturated heterocycles. The van der Waals surface area contributed by atoms with Crippen LogP contribution in [0, 0.1) is 12.3 Å². The van der Waals surface area contributed by atoms with Gasteiger partial charge in [0.15, 0.2) is 21.3 Å². The van der Waals surface area contributed by atoms with Gasteiger partial charge in [-0.15, -0.1) is 6.42 Å². The van der Waals surface area contributed by atoms with Crippen molar-refractivity contribution in [3.8, 4) is 23.8 Å². The molecule has 1 aromatic carbocycles. The van der Waals surface area contributed by atoms with Crippen LogP contribution in [0.4, 0.5) is 0 Å². The normalized spacial score (nSPS) is 10.6. The maximum absolute atomic E-state index is 11.3. The van der Waals surface area contributed by atoms with Gasteiger partial charge in [0.2, 0.25) is 0 Å². The Bertz CT molecular complexity index is 499. The second-order valence-electron chi connectivity index (χ2n) is 3.30. The van der Waals surface area contributed by atoms with E-state index in [4.69, 9.17) is 15.9 Å². The minimum Gasteiger partial charge on any atom is -0.493 e. The molecule has 0 amide bonds. The zero-order valence-electron chi connectivity index (χ0n) is 9.55. The number of para-hydroxylation sites is 2. The summed E-state index contributed by atoms with van der Waals surface area (Å²) in [6.07, 6.45) is 4.95. The van der Waals surface area contributed by atoms with Crippen LogP contribution in [0.3, 0.4) is 0 Å². The standard InChI is InChI=1S/C12H14O4S/c1-3-9-17(13,14)10-8-16-12-7-5-4-6-11(12)15-2/h1,4-7H,8-10H2,2H3. The molecule has 0 spiro atoms. The number of rotatable bonds is 6. The van der Waals surface area contributed by atoms with E-state index in [1.54, 1.807) is 24.3 Å². The van der Waals surface area contributed by atoms with Crippen molar-refractivity contribution in [3.05, 3.63) is 24.3 Å². The molecular formula is C12H14O4S. The highest BCUT2D eigenvalue weighted by molar-refractivity contribution is 7.91. The number of hydrogen-bond donors (Lipinski definition) is 0. The van der Waals surface area contributed by atoms with Gasteiger partial charge in [0.25, 0.3) is 0 Å². The molecule has 0 aliphatic carbocycles. The van der Waals surface area contributed by atoms with Crippen LogP contribution in [0.25, 0.3) is 0 Å². The fourth-order valence-electron chi connectivity index (χ4n) is 1.22. The van der Waals surface area contributed by atoms with Gasteiger partial charge in [0.05, 0.1) is 12.9 Å². The number of hydrogen-bond acceptors (Lipinski definition) is 4. The number of methoxy groups -OCH3 is 1. The number of ether oxygens (including phenoxy) is 2. The van der Waals surface area contributed by atoms with Crippen LogP contribution in [0.15, 0.2) is 24.3 Å². The van der Waals surface area contributed by atoms with Crippen LogP contribution < -0.4 is 9.47 Å². The molecule has 92 valence electrons. The van der Waals surface area contributed by atoms with E-state index < -0.39 is 9.84 Å². The first-order valence-electron chi connectivity index (χ1n) is 4.99. The van der Waals surface area contributed by atoms with Gasteiger partial charge in [0.1, 0.15) is 12.4 Å². The van der Waals surface area contributed by atoms with E-state index in [9.17, 15) is 8.42 Å². The van der Waals surface area contributed by atoms with Crippen molar-refractivity contribution < 1.29 is 17.9 Å². The lowest BCUT2D eigenvalue weighted by atomic mass is 10.3. The Kier molecular flexibility index (Phi) is 4.85. The van der Waals surface area contributed by atoms with Crippen molar-refractivity contribution >= 4 is 9.84 Å². The van der Waals surface area contributed by atoms with Gasteiger partial charge in [-0.2, -0.15) is 0 Å². The van der Waals surface area contributed by atoms with Crippen molar-refractivity contribution in [1.82, 2.24) is 0 Å². The fourth-order valence-corrected chi connectivity index (χ4v) is 1.95. The third-order valence-electron chi connectivity index (χ3n) is 2.02. The molecule has 0 aliphatic rings. The predicted molar refractivity (Wildman–Crippen MR) is 66.0 cm³/mol. The smallest absolute Gasteiger partial charge is 0.164 e. The van der Waals surface area contributed by atoms with E-state index in [0.29, 0.717) is 11.5 Å². The number of sulfone groups is 1. The van der Waals surface area contributed by atoms with Crippen molar-refractivity contribution in [2.24, 2.45) is 0 Å². The number of benzene rings is 1. The summed E-state index contributed by atoms with van der Waals surface area (Å²) in [7, 11) is -1.70. The summed E-state index contributed by atoms with van der Waals surface area (Å²) in [5.41, 5.74) is 0. The molecule has 0 aliphatic heterocycles. The Morgan fingerprint density at radius 1 is 1.29 bits per heavy atom. The average molecular weight is 254 g/mol. The van der Waals surface area contributed by atoms with Crippen LogP contribution in [0.1, 0.15) is 0 Å². The van der Waals surface area contributed by atoms with Gasteiger partial charge in [-0.3, -0.25) is 0 Å². The highest BCUT2D eigenvalue weighted by Crippen LogP contribution is 2.25. The van der Waals surface area contributed by atoms with Gasteiger partial charge in [-0.25, -0.2) is 8.42 Å². The molecular weight excluding hydrogens is 240 g/mol. The predicted octanol–water partition coefficient (Wildman–Crippen LogP) is 1.12. The summed E-state index contributed by atoms with van der Waals surface area (Å²) in [4.78, 5) is 0. The molecule has 0 saturated carbocycles. The van der Waals surface area contributed by atoms with Crippen LogP contribution in [0.2, 0.25) is 0 Å². The van der Waals surface area contributed by atoms with Crippen LogP contribution in [0.5, 0.6) is 11.5 Å². The van der Waals surface area contributed by atoms with Crippen molar-refractivity contribution in [2.45, 2.75) is 0 Å². The SMILES string of the molecule is C#CCS(=O)(=O)CCOc1ccccc1OC. The molecule has 0 aromatic heterocycles. The second kappa shape index (κ2) is 6.16. The summed E-state index contributed by atoms with van der Waals surface area (Å²) < 4.78 is 33.0. The molecule has 0 fully saturated rings. The highest BCUT2D eigenvalue weighted by atomic mass is 32.2. The minimum atomic E-state index is -3.22. The summed E-state index contributed by atoms with van der Waals surface area (Å²) in [5.74, 6) is 2.84. The molecule has 0 N–H and O–H groups in total. The fraction of sp³-hybridized carbons (Fsp3) is 0.333. The molecule has 5 heteroatoms. The molecule has 0 bridgehead atoms. The maximum Gasteiger partial charge on any atom is 0.164 e. The van der Waals surface area contributed by atoms with Crippen LogP contribution >= 0.6 is 0 Å². The molecule has 0 radical (unpaired) electrons. The molecule has 1 rings (SSSR count). The van der Waals surface area contributed by atoms with E-state index >= 15 is 0 Å². The second-order valence-corrected chi connectivity index (χ2v) is 5.48. The summed E-state index contributed by atoms with van der Waals surface area (Å²) in [5, 5.41) is 0. The van der Waals surface area contributed by atoms with E-state index in [0.717, 1.165) is 0 Å².